The summed E-state index contributed by atoms with van der Waals surface area (Å²) < 4.78 is 0. The lowest BCUT2D eigenvalue weighted by molar-refractivity contribution is 0.0787. The van der Waals surface area contributed by atoms with Crippen LogP contribution < -0.4 is 0 Å². The molecule has 2 fully saturated rings. The van der Waals surface area contributed by atoms with Crippen molar-refractivity contribution in [2.24, 2.45) is 22.7 Å². The molecule has 2 rings (SSSR count). The van der Waals surface area contributed by atoms with Crippen molar-refractivity contribution in [2.75, 3.05) is 26.2 Å². The van der Waals surface area contributed by atoms with E-state index in [1.165, 1.54) is 45.4 Å². The first-order valence-corrected chi connectivity index (χ1v) is 11.1. The second-order valence-electron chi connectivity index (χ2n) is 12.3. The van der Waals surface area contributed by atoms with Crippen LogP contribution in [0.4, 0.5) is 0 Å². The Kier molecular flexibility index (Phi) is 8.24. The van der Waals surface area contributed by atoms with E-state index in [0.717, 1.165) is 17.9 Å². The van der Waals surface area contributed by atoms with E-state index in [1.807, 2.05) is 0 Å². The maximum atomic E-state index is 2.62. The molecule has 0 aromatic heterocycles. The number of hydrogen-bond acceptors (Lipinski definition) is 2. The minimum Gasteiger partial charge on any atom is -0.301 e. The third kappa shape index (κ3) is 7.50. The lowest BCUT2D eigenvalue weighted by atomic mass is 9.76. The standard InChI is InChI=1S/2C12H25N/c1-11(2,3)10-7-8-13(9-10)12(4,5)6;1-10(2)13-8-6-7-11(9-13)12(3,4)5/h10H,7-9H2,1-6H3;10-11H,6-9H2,1-5H3. The highest BCUT2D eigenvalue weighted by atomic mass is 15.2. The average molecular weight is 367 g/mol. The van der Waals surface area contributed by atoms with Crippen molar-refractivity contribution < 1.29 is 0 Å². The van der Waals surface area contributed by atoms with Gasteiger partial charge < -0.3 is 4.90 Å². The molecular formula is C24H50N2. The van der Waals surface area contributed by atoms with Gasteiger partial charge in [0.05, 0.1) is 0 Å². The Morgan fingerprint density at radius 2 is 1.19 bits per heavy atom. The fraction of sp³-hybridized carbons (Fsp3) is 1.00. The Morgan fingerprint density at radius 3 is 1.54 bits per heavy atom. The molecule has 2 nitrogen and oxygen atoms in total. The molecule has 0 aromatic rings. The molecule has 0 spiro atoms. The highest BCUT2D eigenvalue weighted by Crippen LogP contribution is 2.36. The number of piperidine rings is 1. The van der Waals surface area contributed by atoms with Crippen molar-refractivity contribution in [1.29, 1.82) is 0 Å². The molecule has 2 unspecified atom stereocenters. The van der Waals surface area contributed by atoms with Crippen molar-refractivity contribution in [3.63, 3.8) is 0 Å². The van der Waals surface area contributed by atoms with Gasteiger partial charge in [-0.3, -0.25) is 4.90 Å². The first kappa shape index (κ1) is 24.0. The van der Waals surface area contributed by atoms with E-state index in [-0.39, 0.29) is 0 Å². The Labute approximate surface area is 166 Å². The molecular weight excluding hydrogens is 316 g/mol. The monoisotopic (exact) mass is 366 g/mol. The number of hydrogen-bond donors (Lipinski definition) is 0. The molecule has 2 heteroatoms. The first-order chi connectivity index (χ1) is 11.6. The fourth-order valence-corrected chi connectivity index (χ4v) is 4.26. The van der Waals surface area contributed by atoms with Crippen molar-refractivity contribution in [3.8, 4) is 0 Å². The Balaban J connectivity index is 0.000000260. The summed E-state index contributed by atoms with van der Waals surface area (Å²) in [5.41, 5.74) is 1.34. The zero-order valence-electron chi connectivity index (χ0n) is 20.1. The van der Waals surface area contributed by atoms with Crippen LogP contribution in [0.1, 0.15) is 95.4 Å². The van der Waals surface area contributed by atoms with E-state index in [9.17, 15) is 0 Å². The minimum absolute atomic E-state index is 0.361. The molecule has 2 heterocycles. The lowest BCUT2D eigenvalue weighted by Crippen LogP contribution is -2.43. The van der Waals surface area contributed by atoms with Crippen LogP contribution in [-0.4, -0.2) is 47.6 Å². The summed E-state index contributed by atoms with van der Waals surface area (Å²) >= 11 is 0. The minimum atomic E-state index is 0.361. The summed E-state index contributed by atoms with van der Waals surface area (Å²) in [7, 11) is 0. The van der Waals surface area contributed by atoms with Gasteiger partial charge in [0.15, 0.2) is 0 Å². The van der Waals surface area contributed by atoms with Crippen LogP contribution in [0.2, 0.25) is 0 Å². The second-order valence-corrected chi connectivity index (χ2v) is 12.3. The van der Waals surface area contributed by atoms with Crippen molar-refractivity contribution in [2.45, 2.75) is 107 Å². The summed E-state index contributed by atoms with van der Waals surface area (Å²) in [6.07, 6.45) is 4.19. The van der Waals surface area contributed by atoms with Gasteiger partial charge in [-0.05, 0) is 89.6 Å². The van der Waals surface area contributed by atoms with Crippen LogP contribution in [-0.2, 0) is 0 Å². The van der Waals surface area contributed by atoms with Gasteiger partial charge in [0.1, 0.15) is 0 Å². The zero-order chi connectivity index (χ0) is 20.3. The van der Waals surface area contributed by atoms with Crippen LogP contribution in [0.5, 0.6) is 0 Å². The van der Waals surface area contributed by atoms with E-state index in [1.54, 1.807) is 0 Å². The molecule has 0 N–H and O–H groups in total. The van der Waals surface area contributed by atoms with E-state index >= 15 is 0 Å². The van der Waals surface area contributed by atoms with Crippen molar-refractivity contribution in [1.82, 2.24) is 9.80 Å². The van der Waals surface area contributed by atoms with Gasteiger partial charge in [-0.25, -0.2) is 0 Å². The lowest BCUT2D eigenvalue weighted by Gasteiger charge is -2.41. The quantitative estimate of drug-likeness (QED) is 0.537. The molecule has 2 aliphatic heterocycles. The molecule has 0 aromatic carbocycles. The van der Waals surface area contributed by atoms with Gasteiger partial charge in [-0.1, -0.05) is 41.5 Å². The Hall–Kier alpha value is -0.0800. The normalized spacial score (nSPS) is 26.8. The summed E-state index contributed by atoms with van der Waals surface area (Å²) in [6.45, 7) is 31.0. The Morgan fingerprint density at radius 1 is 0.692 bits per heavy atom. The summed E-state index contributed by atoms with van der Waals surface area (Å²) in [4.78, 5) is 5.24. The molecule has 26 heavy (non-hydrogen) atoms. The molecule has 0 amide bonds. The maximum absolute atomic E-state index is 2.62. The van der Waals surface area contributed by atoms with Crippen LogP contribution >= 0.6 is 0 Å². The molecule has 0 radical (unpaired) electrons. The molecule has 156 valence electrons. The summed E-state index contributed by atoms with van der Waals surface area (Å²) in [6, 6.07) is 0.727. The van der Waals surface area contributed by atoms with Gasteiger partial charge in [0.25, 0.3) is 0 Å². The molecule has 2 aliphatic rings. The van der Waals surface area contributed by atoms with E-state index in [4.69, 9.17) is 0 Å². The number of nitrogens with zero attached hydrogens (tertiary/aromatic N) is 2. The van der Waals surface area contributed by atoms with Crippen molar-refractivity contribution in [3.05, 3.63) is 0 Å². The smallest absolute Gasteiger partial charge is 0.0125 e. The topological polar surface area (TPSA) is 6.48 Å². The van der Waals surface area contributed by atoms with Gasteiger partial charge in [-0.15, -0.1) is 0 Å². The number of likely N-dealkylation sites (tertiary alicyclic amines) is 2. The largest absolute Gasteiger partial charge is 0.301 e. The summed E-state index contributed by atoms with van der Waals surface area (Å²) in [5, 5.41) is 0. The van der Waals surface area contributed by atoms with E-state index in [2.05, 4.69) is 86.0 Å². The van der Waals surface area contributed by atoms with Crippen LogP contribution in [0.3, 0.4) is 0 Å². The van der Waals surface area contributed by atoms with Crippen LogP contribution in [0.25, 0.3) is 0 Å². The fourth-order valence-electron chi connectivity index (χ4n) is 4.26. The second kappa shape index (κ2) is 8.95. The average Bonchev–Trinajstić information content (AvgIpc) is 2.97. The molecule has 2 saturated heterocycles. The van der Waals surface area contributed by atoms with Crippen LogP contribution in [0, 0.1) is 22.7 Å². The molecule has 0 saturated carbocycles. The van der Waals surface area contributed by atoms with Gasteiger partial charge in [-0.2, -0.15) is 0 Å². The highest BCUT2D eigenvalue weighted by molar-refractivity contribution is 4.89. The van der Waals surface area contributed by atoms with Crippen molar-refractivity contribution >= 4 is 0 Å². The molecule has 0 aliphatic carbocycles. The van der Waals surface area contributed by atoms with E-state index in [0.29, 0.717) is 16.4 Å². The third-order valence-corrected chi connectivity index (χ3v) is 6.77. The predicted molar refractivity (Wildman–Crippen MR) is 118 cm³/mol. The van der Waals surface area contributed by atoms with Gasteiger partial charge in [0, 0.05) is 24.7 Å². The zero-order valence-corrected chi connectivity index (χ0v) is 20.1. The third-order valence-electron chi connectivity index (χ3n) is 6.77. The molecule has 0 bridgehead atoms. The first-order valence-electron chi connectivity index (χ1n) is 11.1. The highest BCUT2D eigenvalue weighted by Gasteiger charge is 2.35. The maximum Gasteiger partial charge on any atom is 0.0125 e. The van der Waals surface area contributed by atoms with Gasteiger partial charge in [0.2, 0.25) is 0 Å². The summed E-state index contributed by atoms with van der Waals surface area (Å²) in [5.74, 6) is 1.77. The number of rotatable bonds is 1. The Bertz CT molecular complexity index is 385. The van der Waals surface area contributed by atoms with Crippen LogP contribution in [0.15, 0.2) is 0 Å². The van der Waals surface area contributed by atoms with Gasteiger partial charge >= 0.3 is 0 Å². The SMILES string of the molecule is CC(C)(C)C1CCN(C(C)(C)C)C1.CC(C)N1CCCC(C(C)(C)C)C1. The predicted octanol–water partition coefficient (Wildman–Crippen LogP) is 6.31. The molecule has 2 atom stereocenters. The van der Waals surface area contributed by atoms with E-state index < -0.39 is 0 Å².